The fraction of sp³-hybridized carbons (Fsp3) is 0.222. The van der Waals surface area contributed by atoms with E-state index >= 15 is 0 Å². The minimum absolute atomic E-state index is 0.0624. The molecule has 58 valence electrons. The zero-order valence-corrected chi connectivity index (χ0v) is 6.58. The van der Waals surface area contributed by atoms with E-state index < -0.39 is 0 Å². The molecule has 2 heteroatoms. The molecule has 0 aromatic carbocycles. The lowest BCUT2D eigenvalue weighted by molar-refractivity contribution is 0.772. The standard InChI is InChI=1S/C9H11NO/c1-3-6-10-7-4-5-8(2)9(10)11/h3-5,7H,1,6H2,2H3. The van der Waals surface area contributed by atoms with Gasteiger partial charge in [-0.3, -0.25) is 4.79 Å². The monoisotopic (exact) mass is 149 g/mol. The van der Waals surface area contributed by atoms with E-state index in [2.05, 4.69) is 6.58 Å². The maximum Gasteiger partial charge on any atom is 0.253 e. The molecule has 0 fully saturated rings. The van der Waals surface area contributed by atoms with Gasteiger partial charge in [-0.05, 0) is 13.0 Å². The number of aryl methyl sites for hydroxylation is 1. The van der Waals surface area contributed by atoms with Crippen LogP contribution in [0.15, 0.2) is 35.8 Å². The van der Waals surface area contributed by atoms with E-state index in [1.54, 1.807) is 16.8 Å². The molecule has 1 rings (SSSR count). The Kier molecular flexibility index (Phi) is 2.26. The van der Waals surface area contributed by atoms with Crippen LogP contribution in [-0.4, -0.2) is 4.57 Å². The van der Waals surface area contributed by atoms with Crippen LogP contribution >= 0.6 is 0 Å². The summed E-state index contributed by atoms with van der Waals surface area (Å²) in [5.74, 6) is 0. The van der Waals surface area contributed by atoms with Crippen molar-refractivity contribution in [1.29, 1.82) is 0 Å². The molecule has 0 aliphatic heterocycles. The quantitative estimate of drug-likeness (QED) is 0.582. The van der Waals surface area contributed by atoms with E-state index in [0.29, 0.717) is 6.54 Å². The van der Waals surface area contributed by atoms with Crippen molar-refractivity contribution < 1.29 is 0 Å². The molecular formula is C9H11NO. The second kappa shape index (κ2) is 3.19. The SMILES string of the molecule is C=CCn1cccc(C)c1=O. The van der Waals surface area contributed by atoms with Gasteiger partial charge in [0.25, 0.3) is 5.56 Å². The van der Waals surface area contributed by atoms with Crippen molar-refractivity contribution in [3.05, 3.63) is 46.9 Å². The summed E-state index contributed by atoms with van der Waals surface area (Å²) >= 11 is 0. The van der Waals surface area contributed by atoms with Gasteiger partial charge in [0.15, 0.2) is 0 Å². The van der Waals surface area contributed by atoms with E-state index in [1.807, 2.05) is 19.1 Å². The Balaban J connectivity index is 3.16. The first-order valence-corrected chi connectivity index (χ1v) is 3.52. The molecule has 0 atom stereocenters. The normalized spacial score (nSPS) is 9.55. The molecule has 0 amide bonds. The summed E-state index contributed by atoms with van der Waals surface area (Å²) in [6, 6.07) is 3.67. The maximum atomic E-state index is 11.3. The number of hydrogen-bond donors (Lipinski definition) is 0. The molecule has 0 unspecified atom stereocenters. The van der Waals surface area contributed by atoms with Gasteiger partial charge in [0.05, 0.1) is 0 Å². The van der Waals surface area contributed by atoms with Gasteiger partial charge in [0.2, 0.25) is 0 Å². The average molecular weight is 149 g/mol. The Labute approximate surface area is 65.8 Å². The van der Waals surface area contributed by atoms with E-state index in [9.17, 15) is 4.79 Å². The van der Waals surface area contributed by atoms with E-state index in [0.717, 1.165) is 5.56 Å². The number of nitrogens with zero attached hydrogens (tertiary/aromatic N) is 1. The molecule has 1 aromatic heterocycles. The van der Waals surface area contributed by atoms with Crippen LogP contribution in [0, 0.1) is 6.92 Å². The number of rotatable bonds is 2. The van der Waals surface area contributed by atoms with Gasteiger partial charge >= 0.3 is 0 Å². The molecule has 0 saturated carbocycles. The Morgan fingerprint density at radius 1 is 1.73 bits per heavy atom. The predicted octanol–water partition coefficient (Wildman–Crippen LogP) is 1.34. The first-order chi connectivity index (χ1) is 5.25. The summed E-state index contributed by atoms with van der Waals surface area (Å²) in [5, 5.41) is 0. The van der Waals surface area contributed by atoms with Crippen LogP contribution < -0.4 is 5.56 Å². The van der Waals surface area contributed by atoms with Crippen LogP contribution in [0.5, 0.6) is 0 Å². The summed E-state index contributed by atoms with van der Waals surface area (Å²) in [5.41, 5.74) is 0.835. The predicted molar refractivity (Wildman–Crippen MR) is 45.6 cm³/mol. The van der Waals surface area contributed by atoms with Crippen molar-refractivity contribution in [2.75, 3.05) is 0 Å². The minimum atomic E-state index is 0.0624. The van der Waals surface area contributed by atoms with Crippen molar-refractivity contribution in [3.8, 4) is 0 Å². The highest BCUT2D eigenvalue weighted by Crippen LogP contribution is 1.88. The smallest absolute Gasteiger partial charge is 0.253 e. The van der Waals surface area contributed by atoms with E-state index in [1.165, 1.54) is 0 Å². The summed E-state index contributed by atoms with van der Waals surface area (Å²) in [7, 11) is 0. The van der Waals surface area contributed by atoms with Crippen LogP contribution in [-0.2, 0) is 6.54 Å². The highest BCUT2D eigenvalue weighted by atomic mass is 16.1. The molecule has 11 heavy (non-hydrogen) atoms. The molecule has 0 bridgehead atoms. The van der Waals surface area contributed by atoms with Crippen molar-refractivity contribution >= 4 is 0 Å². The average Bonchev–Trinajstić information content (AvgIpc) is 1.99. The number of allylic oxidation sites excluding steroid dienone is 1. The third kappa shape index (κ3) is 1.58. The topological polar surface area (TPSA) is 22.0 Å². The Hall–Kier alpha value is -1.31. The fourth-order valence-electron chi connectivity index (χ4n) is 0.940. The van der Waals surface area contributed by atoms with Crippen molar-refractivity contribution in [2.45, 2.75) is 13.5 Å². The number of hydrogen-bond acceptors (Lipinski definition) is 1. The lowest BCUT2D eigenvalue weighted by atomic mass is 10.3. The van der Waals surface area contributed by atoms with Crippen molar-refractivity contribution in [1.82, 2.24) is 4.57 Å². The second-order valence-electron chi connectivity index (χ2n) is 2.44. The Morgan fingerprint density at radius 3 is 3.09 bits per heavy atom. The Morgan fingerprint density at radius 2 is 2.45 bits per heavy atom. The van der Waals surface area contributed by atoms with Crippen LogP contribution in [0.3, 0.4) is 0 Å². The van der Waals surface area contributed by atoms with Gasteiger partial charge in [-0.2, -0.15) is 0 Å². The molecule has 0 aliphatic rings. The highest BCUT2D eigenvalue weighted by molar-refractivity contribution is 5.07. The molecule has 0 aliphatic carbocycles. The van der Waals surface area contributed by atoms with E-state index in [-0.39, 0.29) is 5.56 Å². The second-order valence-corrected chi connectivity index (χ2v) is 2.44. The third-order valence-corrected chi connectivity index (χ3v) is 1.54. The Bertz CT molecular complexity index is 312. The largest absolute Gasteiger partial charge is 0.312 e. The summed E-state index contributed by atoms with van der Waals surface area (Å²) in [6.07, 6.45) is 3.47. The van der Waals surface area contributed by atoms with Crippen LogP contribution in [0.1, 0.15) is 5.56 Å². The molecule has 0 radical (unpaired) electrons. The van der Waals surface area contributed by atoms with Gasteiger partial charge in [0.1, 0.15) is 0 Å². The van der Waals surface area contributed by atoms with Crippen LogP contribution in [0.25, 0.3) is 0 Å². The highest BCUT2D eigenvalue weighted by Gasteiger charge is 1.94. The lowest BCUT2D eigenvalue weighted by Gasteiger charge is -2.00. The van der Waals surface area contributed by atoms with Crippen molar-refractivity contribution in [2.24, 2.45) is 0 Å². The van der Waals surface area contributed by atoms with Gasteiger partial charge in [-0.25, -0.2) is 0 Å². The maximum absolute atomic E-state index is 11.3. The molecule has 1 aromatic rings. The molecule has 0 spiro atoms. The zero-order chi connectivity index (χ0) is 8.27. The van der Waals surface area contributed by atoms with Gasteiger partial charge in [-0.15, -0.1) is 6.58 Å². The summed E-state index contributed by atoms with van der Waals surface area (Å²) in [4.78, 5) is 11.3. The molecule has 2 nitrogen and oxygen atoms in total. The minimum Gasteiger partial charge on any atom is -0.312 e. The third-order valence-electron chi connectivity index (χ3n) is 1.54. The number of pyridine rings is 1. The zero-order valence-electron chi connectivity index (χ0n) is 6.58. The lowest BCUT2D eigenvalue weighted by Crippen LogP contribution is -2.20. The molecule has 1 heterocycles. The number of aromatic nitrogens is 1. The van der Waals surface area contributed by atoms with Gasteiger partial charge < -0.3 is 4.57 Å². The summed E-state index contributed by atoms with van der Waals surface area (Å²) in [6.45, 7) is 5.96. The molecular weight excluding hydrogens is 138 g/mol. The van der Waals surface area contributed by atoms with Crippen LogP contribution in [0.2, 0.25) is 0 Å². The van der Waals surface area contributed by atoms with Crippen LogP contribution in [0.4, 0.5) is 0 Å². The van der Waals surface area contributed by atoms with Gasteiger partial charge in [-0.1, -0.05) is 12.1 Å². The first kappa shape index (κ1) is 7.79. The van der Waals surface area contributed by atoms with Gasteiger partial charge in [0, 0.05) is 18.3 Å². The molecule has 0 N–H and O–H groups in total. The summed E-state index contributed by atoms with van der Waals surface area (Å²) < 4.78 is 1.63. The fourth-order valence-corrected chi connectivity index (χ4v) is 0.940. The van der Waals surface area contributed by atoms with E-state index in [4.69, 9.17) is 0 Å². The van der Waals surface area contributed by atoms with Crippen molar-refractivity contribution in [3.63, 3.8) is 0 Å². The first-order valence-electron chi connectivity index (χ1n) is 3.52. The molecule has 0 saturated heterocycles.